The second-order valence-electron chi connectivity index (χ2n) is 18.9. The lowest BCUT2D eigenvalue weighted by molar-refractivity contribution is -0.180. The van der Waals surface area contributed by atoms with Crippen LogP contribution in [0.25, 0.3) is 0 Å². The van der Waals surface area contributed by atoms with Gasteiger partial charge in [0.2, 0.25) is 0 Å². The second-order valence-corrected chi connectivity index (χ2v) is 18.9. The molecule has 6 rings (SSSR count). The van der Waals surface area contributed by atoms with Crippen molar-refractivity contribution >= 4 is 18.2 Å². The van der Waals surface area contributed by atoms with Crippen molar-refractivity contribution in [3.63, 3.8) is 0 Å². The number of carbonyl (C=O) groups is 3. The van der Waals surface area contributed by atoms with Crippen LogP contribution in [0.3, 0.4) is 0 Å². The number of carboxylic acid groups (broad SMARTS) is 1. The maximum atomic E-state index is 12.9. The molecule has 4 saturated carbocycles. The SMILES string of the molecule is CC(C)[C@@H](OC(=O)N1CCC1)C1C[C@@H](C)[C@H]2C(O1)[C@H](O)C(C)(C)[C@]2(C)CC[C@]12CCC[C@H]3C(C)(C)[C@@H](OC(=O)N(C)CC(=O)O)CC[C@@]31C2. The first-order valence-electron chi connectivity index (χ1n) is 19.2. The minimum atomic E-state index is -1.05. The summed E-state index contributed by atoms with van der Waals surface area (Å²) in [5, 5.41) is 21.2. The van der Waals surface area contributed by atoms with Gasteiger partial charge in [-0.3, -0.25) is 4.79 Å². The Morgan fingerprint density at radius 1 is 1.02 bits per heavy atom. The normalized spacial score (nSPS) is 42.2. The highest BCUT2D eigenvalue weighted by Crippen LogP contribution is 2.82. The van der Waals surface area contributed by atoms with Gasteiger partial charge in [-0.2, -0.15) is 0 Å². The summed E-state index contributed by atoms with van der Waals surface area (Å²) in [6, 6.07) is 0. The molecule has 1 spiro atoms. The average Bonchev–Trinajstić information content (AvgIpc) is 3.62. The Hall–Kier alpha value is -2.07. The summed E-state index contributed by atoms with van der Waals surface area (Å²) in [4.78, 5) is 39.8. The van der Waals surface area contributed by atoms with E-state index < -0.39 is 18.2 Å². The van der Waals surface area contributed by atoms with E-state index in [0.29, 0.717) is 11.8 Å². The van der Waals surface area contributed by atoms with Crippen LogP contribution in [0.15, 0.2) is 0 Å². The number of amides is 2. The van der Waals surface area contributed by atoms with E-state index in [1.165, 1.54) is 19.9 Å². The van der Waals surface area contributed by atoms with Crippen molar-refractivity contribution in [2.24, 2.45) is 50.7 Å². The van der Waals surface area contributed by atoms with Crippen LogP contribution >= 0.6 is 0 Å². The fourth-order valence-electron chi connectivity index (χ4n) is 12.2. The number of likely N-dealkylation sites (N-methyl/N-ethyl adjacent to an activating group) is 1. The molecule has 2 aliphatic heterocycles. The van der Waals surface area contributed by atoms with Crippen LogP contribution in [0.2, 0.25) is 0 Å². The van der Waals surface area contributed by atoms with Crippen LogP contribution < -0.4 is 0 Å². The largest absolute Gasteiger partial charge is 0.480 e. The van der Waals surface area contributed by atoms with Crippen LogP contribution in [0.1, 0.15) is 120 Å². The minimum absolute atomic E-state index is 0.106. The summed E-state index contributed by atoms with van der Waals surface area (Å²) in [5.74, 6) is 0.00757. The number of rotatable bonds is 9. The van der Waals surface area contributed by atoms with Gasteiger partial charge in [0.15, 0.2) is 0 Å². The number of carbonyl (C=O) groups excluding carboxylic acids is 2. The Morgan fingerprint density at radius 2 is 1.71 bits per heavy atom. The molecule has 2 saturated heterocycles. The molecule has 49 heavy (non-hydrogen) atoms. The molecule has 278 valence electrons. The lowest BCUT2D eigenvalue weighted by Gasteiger charge is -2.54. The van der Waals surface area contributed by atoms with E-state index in [-0.39, 0.29) is 76.0 Å². The Kier molecular flexibility index (Phi) is 9.41. The lowest BCUT2D eigenvalue weighted by atomic mass is 9.52. The molecule has 0 aromatic carbocycles. The molecular weight excluding hydrogens is 624 g/mol. The van der Waals surface area contributed by atoms with Crippen LogP contribution in [0.5, 0.6) is 0 Å². The monoisotopic (exact) mass is 688 g/mol. The number of hydrogen-bond acceptors (Lipinski definition) is 7. The van der Waals surface area contributed by atoms with Crippen molar-refractivity contribution in [3.8, 4) is 0 Å². The number of nitrogens with zero attached hydrogens (tertiary/aromatic N) is 2. The summed E-state index contributed by atoms with van der Waals surface area (Å²) in [6.45, 7) is 19.0. The van der Waals surface area contributed by atoms with Gasteiger partial charge >= 0.3 is 18.2 Å². The molecule has 0 radical (unpaired) electrons. The Balaban J connectivity index is 1.16. The minimum Gasteiger partial charge on any atom is -0.480 e. The molecule has 6 aliphatic rings. The molecule has 2 heterocycles. The van der Waals surface area contributed by atoms with Gasteiger partial charge in [-0.25, -0.2) is 9.59 Å². The molecule has 2 unspecified atom stereocenters. The van der Waals surface area contributed by atoms with E-state index in [1.807, 2.05) is 0 Å². The first kappa shape index (κ1) is 36.7. The Labute approximate surface area is 294 Å². The van der Waals surface area contributed by atoms with Crippen molar-refractivity contribution in [1.29, 1.82) is 0 Å². The summed E-state index contributed by atoms with van der Waals surface area (Å²) in [7, 11) is 1.48. The summed E-state index contributed by atoms with van der Waals surface area (Å²) >= 11 is 0. The van der Waals surface area contributed by atoms with Gasteiger partial charge in [-0.15, -0.1) is 0 Å². The first-order valence-corrected chi connectivity index (χ1v) is 19.2. The molecule has 0 bridgehead atoms. The average molecular weight is 689 g/mol. The number of aliphatic carboxylic acids is 1. The fraction of sp³-hybridized carbons (Fsp3) is 0.923. The third kappa shape index (κ3) is 5.77. The lowest BCUT2D eigenvalue weighted by Crippen LogP contribution is -2.52. The zero-order valence-electron chi connectivity index (χ0n) is 31.6. The predicted octanol–water partition coefficient (Wildman–Crippen LogP) is 6.97. The number of fused-ring (bicyclic) bond motifs is 1. The molecule has 11 atom stereocenters. The standard InChI is InChI=1S/C39H64N2O8/c1-23(2)30(49-34(46)41-18-11-19-41)25-20-24(3)29-31(47-25)32(44)36(6,7)37(29,8)16-17-38-14-10-12-26-35(4,5)27(13-15-39(26,38)22-38)48-33(45)40(9)21-28(42)43/h23-27,29-32,44H,10-22H2,1-9H3,(H,42,43)/t24-,25?,26+,27+,29+,30-,31?,32+,37-,38+,39-/m1/s1. The van der Waals surface area contributed by atoms with Gasteiger partial charge < -0.3 is 34.2 Å². The van der Waals surface area contributed by atoms with Crippen LogP contribution in [-0.2, 0) is 19.0 Å². The number of ether oxygens (including phenoxy) is 3. The fourth-order valence-corrected chi connectivity index (χ4v) is 12.2. The van der Waals surface area contributed by atoms with Crippen molar-refractivity contribution in [3.05, 3.63) is 0 Å². The van der Waals surface area contributed by atoms with Gasteiger partial charge in [-0.05, 0) is 103 Å². The van der Waals surface area contributed by atoms with Crippen LogP contribution in [-0.4, -0.2) is 95.4 Å². The summed E-state index contributed by atoms with van der Waals surface area (Å²) in [6.07, 6.45) is 8.01. The van der Waals surface area contributed by atoms with E-state index in [2.05, 4.69) is 55.4 Å². The predicted molar refractivity (Wildman–Crippen MR) is 185 cm³/mol. The molecule has 0 aromatic rings. The molecular formula is C39H64N2O8. The van der Waals surface area contributed by atoms with Crippen molar-refractivity contribution in [2.45, 2.75) is 150 Å². The molecule has 6 fully saturated rings. The van der Waals surface area contributed by atoms with E-state index in [9.17, 15) is 19.5 Å². The quantitative estimate of drug-likeness (QED) is 0.266. The zero-order chi connectivity index (χ0) is 35.9. The smallest absolute Gasteiger partial charge is 0.410 e. The molecule has 10 heteroatoms. The van der Waals surface area contributed by atoms with E-state index in [1.54, 1.807) is 4.90 Å². The number of carboxylic acids is 1. The van der Waals surface area contributed by atoms with Gasteiger partial charge in [0.1, 0.15) is 18.8 Å². The summed E-state index contributed by atoms with van der Waals surface area (Å²) in [5.41, 5.74) is -0.185. The number of aliphatic hydroxyl groups excluding tert-OH is 1. The number of likely N-dealkylation sites (tertiary alicyclic amines) is 1. The highest BCUT2D eigenvalue weighted by Gasteiger charge is 2.75. The Morgan fingerprint density at radius 3 is 2.33 bits per heavy atom. The van der Waals surface area contributed by atoms with E-state index in [0.717, 1.165) is 69.4 Å². The Bertz CT molecular complexity index is 1300. The maximum Gasteiger partial charge on any atom is 0.410 e. The third-order valence-corrected chi connectivity index (χ3v) is 15.6. The van der Waals surface area contributed by atoms with E-state index >= 15 is 0 Å². The summed E-state index contributed by atoms with van der Waals surface area (Å²) < 4.78 is 19.0. The maximum absolute atomic E-state index is 12.9. The molecule has 2 N–H and O–H groups in total. The van der Waals surface area contributed by atoms with Crippen molar-refractivity contribution in [2.75, 3.05) is 26.7 Å². The molecule has 10 nitrogen and oxygen atoms in total. The topological polar surface area (TPSA) is 126 Å². The van der Waals surface area contributed by atoms with Crippen LogP contribution in [0, 0.1) is 50.7 Å². The zero-order valence-corrected chi connectivity index (χ0v) is 31.6. The van der Waals surface area contributed by atoms with Gasteiger partial charge in [0, 0.05) is 25.6 Å². The van der Waals surface area contributed by atoms with Gasteiger partial charge in [0.25, 0.3) is 0 Å². The molecule has 4 aliphatic carbocycles. The highest BCUT2D eigenvalue weighted by molar-refractivity contribution is 5.76. The highest BCUT2D eigenvalue weighted by atomic mass is 16.6. The third-order valence-electron chi connectivity index (χ3n) is 15.6. The number of hydrogen-bond donors (Lipinski definition) is 2. The van der Waals surface area contributed by atoms with Gasteiger partial charge in [0.05, 0.1) is 18.3 Å². The molecule has 2 amide bonds. The molecule has 0 aromatic heterocycles. The second kappa shape index (κ2) is 12.6. The van der Waals surface area contributed by atoms with Crippen molar-refractivity contribution < 1.29 is 38.8 Å². The van der Waals surface area contributed by atoms with Crippen LogP contribution in [0.4, 0.5) is 9.59 Å². The first-order chi connectivity index (χ1) is 22.8. The van der Waals surface area contributed by atoms with Crippen molar-refractivity contribution in [1.82, 2.24) is 9.80 Å². The van der Waals surface area contributed by atoms with E-state index in [4.69, 9.17) is 19.3 Å². The number of aliphatic hydroxyl groups is 1. The van der Waals surface area contributed by atoms with Gasteiger partial charge in [-0.1, -0.05) is 61.8 Å².